The summed E-state index contributed by atoms with van der Waals surface area (Å²) in [5.41, 5.74) is -0.872. The van der Waals surface area contributed by atoms with Crippen LogP contribution in [0.3, 0.4) is 0 Å². The summed E-state index contributed by atoms with van der Waals surface area (Å²) < 4.78 is 33.8. The smallest absolute Gasteiger partial charge is 0.258 e. The van der Waals surface area contributed by atoms with Crippen LogP contribution in [0.2, 0.25) is 0 Å². The summed E-state index contributed by atoms with van der Waals surface area (Å²) in [6, 6.07) is -2.51. The zero-order valence-electron chi connectivity index (χ0n) is 8.02. The molecule has 3 nitrogen and oxygen atoms in total. The lowest BCUT2D eigenvalue weighted by molar-refractivity contribution is -0.385. The number of nitro groups is 1. The van der Waals surface area contributed by atoms with Crippen LogP contribution in [0.1, 0.15) is 4.11 Å². The van der Waals surface area contributed by atoms with Crippen molar-refractivity contribution in [2.75, 3.05) is 0 Å². The quantitative estimate of drug-likeness (QED) is 0.542. The molecule has 0 amide bonds. The van der Waals surface area contributed by atoms with Crippen LogP contribution in [0.5, 0.6) is 0 Å². The molecule has 0 aliphatic carbocycles. The summed E-state index contributed by atoms with van der Waals surface area (Å²) in [6.07, 6.45) is 0. The predicted molar refractivity (Wildman–Crippen MR) is 40.8 cm³/mol. The molecule has 0 radical (unpaired) electrons. The van der Waals surface area contributed by atoms with E-state index in [4.69, 9.17) is 4.11 Å². The number of rotatable bonds is 1. The lowest BCUT2D eigenvalue weighted by Crippen LogP contribution is -1.88. The van der Waals surface area contributed by atoms with Crippen molar-refractivity contribution in [1.29, 1.82) is 0 Å². The van der Waals surface area contributed by atoms with E-state index in [0.717, 1.165) is 0 Å². The monoisotopic (exact) mass is 222 g/mol. The normalized spacial score (nSPS) is 13.5. The number of hydrogen-bond acceptors (Lipinski definition) is 2. The van der Waals surface area contributed by atoms with E-state index < -0.39 is 39.0 Å². The van der Waals surface area contributed by atoms with Crippen molar-refractivity contribution in [3.63, 3.8) is 0 Å². The minimum Gasteiger partial charge on any atom is -0.258 e. The van der Waals surface area contributed by atoms with Crippen molar-refractivity contribution in [2.24, 2.45) is 0 Å². The Kier molecular flexibility index (Phi) is 1.30. The molecule has 1 aromatic rings. The van der Waals surface area contributed by atoms with E-state index in [9.17, 15) is 14.5 Å². The van der Waals surface area contributed by atoms with E-state index in [1.807, 2.05) is 0 Å². The molecule has 0 spiro atoms. The van der Waals surface area contributed by atoms with Gasteiger partial charge >= 0.3 is 0 Å². The molecule has 5 heteroatoms. The topological polar surface area (TPSA) is 43.1 Å². The molecule has 58 valence electrons. The molecule has 0 heterocycles. The number of nitrogens with zero attached hydrogens (tertiary/aromatic N) is 1. The molecule has 0 atom stereocenters. The van der Waals surface area contributed by atoms with Crippen molar-refractivity contribution in [3.05, 3.63) is 38.5 Å². The largest absolute Gasteiger partial charge is 0.270 e. The molecule has 1 rings (SSSR count). The van der Waals surface area contributed by atoms with Gasteiger partial charge in [-0.2, -0.15) is 0 Å². The summed E-state index contributed by atoms with van der Waals surface area (Å²) in [5, 5.41) is 10.4. The van der Waals surface area contributed by atoms with Gasteiger partial charge in [0.05, 0.1) is 13.5 Å². The van der Waals surface area contributed by atoms with Crippen LogP contribution >= 0.6 is 15.9 Å². The summed E-state index contributed by atoms with van der Waals surface area (Å²) in [6.45, 7) is 0. The molecular weight excluding hydrogens is 217 g/mol. The lowest BCUT2D eigenvalue weighted by Gasteiger charge is -1.92. The molecule has 1 aromatic carbocycles. The van der Waals surface area contributed by atoms with Crippen molar-refractivity contribution in [2.45, 2.75) is 0 Å². The van der Waals surface area contributed by atoms with Crippen LogP contribution in [0.4, 0.5) is 10.1 Å². The number of benzene rings is 1. The maximum atomic E-state index is 13.0. The fourth-order valence-electron chi connectivity index (χ4n) is 0.450. The third-order valence-electron chi connectivity index (χ3n) is 0.894. The van der Waals surface area contributed by atoms with Gasteiger partial charge in [0.25, 0.3) is 5.69 Å². The Hall–Kier alpha value is -0.970. The fraction of sp³-hybridized carbons (Fsp3) is 0. The molecule has 0 fully saturated rings. The summed E-state index contributed by atoms with van der Waals surface area (Å²) in [4.78, 5) is 9.42. The first-order chi connectivity index (χ1) is 6.37. The number of nitro benzene ring substituents is 1. The first kappa shape index (κ1) is 4.82. The van der Waals surface area contributed by atoms with Gasteiger partial charge in [0.2, 0.25) is 0 Å². The van der Waals surface area contributed by atoms with Crippen molar-refractivity contribution >= 4 is 21.6 Å². The average molecular weight is 223 g/mol. The van der Waals surface area contributed by atoms with Crippen LogP contribution in [0.25, 0.3) is 0 Å². The predicted octanol–water partition coefficient (Wildman–Crippen LogP) is 2.50. The van der Waals surface area contributed by atoms with Gasteiger partial charge in [-0.1, -0.05) is 0 Å². The highest BCUT2D eigenvalue weighted by Gasteiger charge is 2.07. The molecule has 0 saturated carbocycles. The Labute approximate surface area is 74.3 Å². The zero-order chi connectivity index (χ0) is 11.0. The van der Waals surface area contributed by atoms with Crippen LogP contribution < -0.4 is 0 Å². The maximum Gasteiger partial charge on any atom is 0.270 e. The van der Waals surface area contributed by atoms with Gasteiger partial charge in [-0.15, -0.1) is 0 Å². The van der Waals surface area contributed by atoms with E-state index in [-0.39, 0.29) is 0 Å². The summed E-state index contributed by atoms with van der Waals surface area (Å²) in [7, 11) is 0. The summed E-state index contributed by atoms with van der Waals surface area (Å²) >= 11 is 2.61. The van der Waals surface area contributed by atoms with E-state index >= 15 is 0 Å². The Morgan fingerprint density at radius 1 is 1.73 bits per heavy atom. The van der Waals surface area contributed by atoms with Crippen molar-refractivity contribution < 1.29 is 13.4 Å². The molecule has 0 unspecified atom stereocenters. The van der Waals surface area contributed by atoms with Gasteiger partial charge in [0.1, 0.15) is 5.82 Å². The first-order valence-corrected chi connectivity index (χ1v) is 3.26. The average Bonchev–Trinajstić information content (AvgIpc) is 2.11. The van der Waals surface area contributed by atoms with E-state index in [2.05, 4.69) is 15.9 Å². The van der Waals surface area contributed by atoms with Crippen molar-refractivity contribution in [1.82, 2.24) is 0 Å². The highest BCUT2D eigenvalue weighted by molar-refractivity contribution is 9.10. The van der Waals surface area contributed by atoms with Gasteiger partial charge in [-0.25, -0.2) is 4.39 Å². The highest BCUT2D eigenvalue weighted by atomic mass is 79.9. The molecule has 0 aliphatic rings. The van der Waals surface area contributed by atoms with Gasteiger partial charge in [0, 0.05) is 12.1 Å². The molecule has 0 aromatic heterocycles. The molecule has 11 heavy (non-hydrogen) atoms. The minimum absolute atomic E-state index is 0.467. The molecule has 0 N–H and O–H groups in total. The standard InChI is InChI=1S/C6H3BrFNO2/c7-5-3-4(9(10)11)1-2-6(5)8/h1-3H/i1D,2D,3D. The first-order valence-electron chi connectivity index (χ1n) is 3.97. The van der Waals surface area contributed by atoms with Crippen LogP contribution in [0.15, 0.2) is 22.6 Å². The summed E-state index contributed by atoms with van der Waals surface area (Å²) in [5.74, 6) is -1.13. The van der Waals surface area contributed by atoms with E-state index in [0.29, 0.717) is 0 Å². The van der Waals surface area contributed by atoms with Gasteiger partial charge in [-0.3, -0.25) is 10.1 Å². The molecular formula is C6H3BrFNO2. The zero-order valence-corrected chi connectivity index (χ0v) is 6.61. The molecule has 0 aliphatic heterocycles. The second-order valence-electron chi connectivity index (χ2n) is 1.61. The van der Waals surface area contributed by atoms with Gasteiger partial charge in [0.15, 0.2) is 0 Å². The SMILES string of the molecule is [2H]c1c([2H])c([N+](=O)[O-])c([2H])c(Br)c1F. The fourth-order valence-corrected chi connectivity index (χ4v) is 0.737. The molecule has 0 saturated heterocycles. The van der Waals surface area contributed by atoms with Crippen LogP contribution in [-0.4, -0.2) is 4.92 Å². The lowest BCUT2D eigenvalue weighted by atomic mass is 10.3. The van der Waals surface area contributed by atoms with E-state index in [1.54, 1.807) is 0 Å². The minimum atomic E-state index is -1.13. The number of hydrogen-bond donors (Lipinski definition) is 0. The molecule has 0 bridgehead atoms. The van der Waals surface area contributed by atoms with Gasteiger partial charge in [-0.05, 0) is 22.0 Å². The van der Waals surface area contributed by atoms with Crippen LogP contribution in [0, 0.1) is 15.9 Å². The Morgan fingerprint density at radius 2 is 2.36 bits per heavy atom. The van der Waals surface area contributed by atoms with Gasteiger partial charge < -0.3 is 0 Å². The second kappa shape index (κ2) is 2.96. The Bertz CT molecular complexity index is 397. The Morgan fingerprint density at radius 3 is 2.91 bits per heavy atom. The number of halogens is 2. The van der Waals surface area contributed by atoms with E-state index in [1.165, 1.54) is 0 Å². The third-order valence-corrected chi connectivity index (χ3v) is 1.44. The third kappa shape index (κ3) is 1.74. The highest BCUT2D eigenvalue weighted by Crippen LogP contribution is 2.20. The van der Waals surface area contributed by atoms with Crippen LogP contribution in [-0.2, 0) is 0 Å². The Balaban J connectivity index is 3.68. The second-order valence-corrected chi connectivity index (χ2v) is 2.40. The maximum absolute atomic E-state index is 13.0. The van der Waals surface area contributed by atoms with Crippen molar-refractivity contribution in [3.8, 4) is 0 Å².